The molecule has 1 aromatic heterocycles. The van der Waals surface area contributed by atoms with Crippen LogP contribution in [0.4, 0.5) is 4.39 Å². The summed E-state index contributed by atoms with van der Waals surface area (Å²) >= 11 is 1.44. The van der Waals surface area contributed by atoms with Gasteiger partial charge in [-0.25, -0.2) is 4.39 Å². The largest absolute Gasteiger partial charge is 0.396 e. The molecule has 0 saturated carbocycles. The van der Waals surface area contributed by atoms with Crippen LogP contribution in [0.1, 0.15) is 12.2 Å². The molecule has 0 unspecified atom stereocenters. The Kier molecular flexibility index (Phi) is 5.51. The van der Waals surface area contributed by atoms with Gasteiger partial charge in [0.25, 0.3) is 0 Å². The Morgan fingerprint density at radius 1 is 1.30 bits per heavy atom. The van der Waals surface area contributed by atoms with Crippen molar-refractivity contribution >= 4 is 11.8 Å². The van der Waals surface area contributed by atoms with Gasteiger partial charge in [-0.15, -0.1) is 10.2 Å². The predicted octanol–water partition coefficient (Wildman–Crippen LogP) is 1.38. The monoisotopic (exact) mass is 296 g/mol. The molecule has 108 valence electrons. The van der Waals surface area contributed by atoms with Crippen LogP contribution >= 0.6 is 11.8 Å². The van der Waals surface area contributed by atoms with E-state index in [0.29, 0.717) is 41.8 Å². The van der Waals surface area contributed by atoms with E-state index in [2.05, 4.69) is 10.2 Å². The molecule has 7 heteroatoms. The molecule has 20 heavy (non-hydrogen) atoms. The Hall–Kier alpha value is -1.44. The number of hydrogen-bond donors (Lipinski definition) is 2. The second-order valence-corrected chi connectivity index (χ2v) is 5.21. The summed E-state index contributed by atoms with van der Waals surface area (Å²) in [5, 5.41) is 17.6. The molecule has 2 rings (SSSR count). The standard InChI is InChI=1S/C13H17FN4OS/c14-10-4-1-2-5-11(10)18-12(6-7-15)16-17-13(18)20-9-3-8-19/h1-2,4-5,19H,3,6-9,15H2. The minimum atomic E-state index is -0.324. The number of thioether (sulfide) groups is 1. The lowest BCUT2D eigenvalue weighted by Crippen LogP contribution is -2.10. The number of hydrogen-bond acceptors (Lipinski definition) is 5. The fourth-order valence-electron chi connectivity index (χ4n) is 1.79. The van der Waals surface area contributed by atoms with Crippen LogP contribution in [0, 0.1) is 5.82 Å². The van der Waals surface area contributed by atoms with Gasteiger partial charge in [0.2, 0.25) is 0 Å². The van der Waals surface area contributed by atoms with E-state index in [1.165, 1.54) is 17.8 Å². The number of nitrogens with zero attached hydrogens (tertiary/aromatic N) is 3. The zero-order valence-electron chi connectivity index (χ0n) is 11.0. The Morgan fingerprint density at radius 3 is 2.80 bits per heavy atom. The smallest absolute Gasteiger partial charge is 0.195 e. The summed E-state index contributed by atoms with van der Waals surface area (Å²) in [6.45, 7) is 0.546. The molecule has 5 nitrogen and oxygen atoms in total. The van der Waals surface area contributed by atoms with Gasteiger partial charge >= 0.3 is 0 Å². The number of aromatic nitrogens is 3. The molecule has 0 radical (unpaired) electrons. The summed E-state index contributed by atoms with van der Waals surface area (Å²) in [4.78, 5) is 0. The number of para-hydroxylation sites is 1. The predicted molar refractivity (Wildman–Crippen MR) is 76.5 cm³/mol. The Morgan fingerprint density at radius 2 is 2.10 bits per heavy atom. The van der Waals surface area contributed by atoms with Gasteiger partial charge in [0, 0.05) is 18.8 Å². The zero-order valence-corrected chi connectivity index (χ0v) is 11.8. The lowest BCUT2D eigenvalue weighted by molar-refractivity contribution is 0.296. The van der Waals surface area contributed by atoms with E-state index in [0.717, 1.165) is 0 Å². The van der Waals surface area contributed by atoms with Gasteiger partial charge in [0.1, 0.15) is 11.6 Å². The molecule has 0 atom stereocenters. The molecule has 0 saturated heterocycles. The number of aliphatic hydroxyl groups is 1. The third kappa shape index (κ3) is 3.36. The second-order valence-electron chi connectivity index (χ2n) is 4.15. The number of nitrogens with two attached hydrogens (primary N) is 1. The number of benzene rings is 1. The van der Waals surface area contributed by atoms with Crippen molar-refractivity contribution in [1.29, 1.82) is 0 Å². The van der Waals surface area contributed by atoms with Crippen molar-refractivity contribution in [3.05, 3.63) is 35.9 Å². The summed E-state index contributed by atoms with van der Waals surface area (Å²) in [5.74, 6) is 1.02. The highest BCUT2D eigenvalue weighted by Gasteiger charge is 2.16. The molecule has 0 aliphatic carbocycles. The van der Waals surface area contributed by atoms with E-state index in [1.807, 2.05) is 0 Å². The fraction of sp³-hybridized carbons (Fsp3) is 0.385. The first-order valence-electron chi connectivity index (χ1n) is 6.41. The summed E-state index contributed by atoms with van der Waals surface area (Å²) < 4.78 is 15.7. The van der Waals surface area contributed by atoms with Gasteiger partial charge in [-0.05, 0) is 25.1 Å². The normalized spacial score (nSPS) is 10.9. The van der Waals surface area contributed by atoms with Crippen LogP contribution in [0.25, 0.3) is 5.69 Å². The lowest BCUT2D eigenvalue weighted by Gasteiger charge is -2.10. The third-order valence-corrected chi connectivity index (χ3v) is 3.71. The maximum atomic E-state index is 14.0. The summed E-state index contributed by atoms with van der Waals surface area (Å²) in [6.07, 6.45) is 1.18. The summed E-state index contributed by atoms with van der Waals surface area (Å²) in [5.41, 5.74) is 5.99. The van der Waals surface area contributed by atoms with Crippen LogP contribution < -0.4 is 5.73 Å². The highest BCUT2D eigenvalue weighted by Crippen LogP contribution is 2.24. The van der Waals surface area contributed by atoms with Crippen LogP contribution in [0.15, 0.2) is 29.4 Å². The SMILES string of the molecule is NCCc1nnc(SCCCO)n1-c1ccccc1F. The third-order valence-electron chi connectivity index (χ3n) is 2.70. The van der Waals surface area contributed by atoms with Gasteiger partial charge in [-0.1, -0.05) is 23.9 Å². The summed E-state index contributed by atoms with van der Waals surface area (Å²) in [6, 6.07) is 6.51. The van der Waals surface area contributed by atoms with Gasteiger partial charge in [-0.2, -0.15) is 0 Å². The van der Waals surface area contributed by atoms with Crippen molar-refractivity contribution in [3.63, 3.8) is 0 Å². The van der Waals surface area contributed by atoms with E-state index in [1.54, 1.807) is 22.8 Å². The molecule has 1 heterocycles. The highest BCUT2D eigenvalue weighted by atomic mass is 32.2. The minimum absolute atomic E-state index is 0.122. The zero-order chi connectivity index (χ0) is 14.4. The molecule has 0 aliphatic heterocycles. The molecule has 2 aromatic rings. The van der Waals surface area contributed by atoms with Gasteiger partial charge in [0.05, 0.1) is 5.69 Å². The van der Waals surface area contributed by atoms with E-state index in [-0.39, 0.29) is 12.4 Å². The number of rotatable bonds is 7. The quantitative estimate of drug-likeness (QED) is 0.596. The molecule has 0 aliphatic rings. The summed E-state index contributed by atoms with van der Waals surface area (Å²) in [7, 11) is 0. The van der Waals surface area contributed by atoms with E-state index in [9.17, 15) is 4.39 Å². The molecule has 0 spiro atoms. The molecule has 3 N–H and O–H groups in total. The maximum Gasteiger partial charge on any atom is 0.195 e. The van der Waals surface area contributed by atoms with Crippen LogP contribution in [-0.2, 0) is 6.42 Å². The van der Waals surface area contributed by atoms with Gasteiger partial charge < -0.3 is 10.8 Å². The van der Waals surface area contributed by atoms with Crippen molar-refractivity contribution in [2.75, 3.05) is 18.9 Å². The second kappa shape index (κ2) is 7.37. The molecule has 0 bridgehead atoms. The minimum Gasteiger partial charge on any atom is -0.396 e. The van der Waals surface area contributed by atoms with E-state index >= 15 is 0 Å². The Labute approximate surface area is 121 Å². The number of aliphatic hydroxyl groups excluding tert-OH is 1. The molecule has 0 fully saturated rings. The van der Waals surface area contributed by atoms with Crippen LogP contribution in [-0.4, -0.2) is 38.8 Å². The van der Waals surface area contributed by atoms with Crippen LogP contribution in [0.5, 0.6) is 0 Å². The van der Waals surface area contributed by atoms with Crippen molar-refractivity contribution < 1.29 is 9.50 Å². The fourth-order valence-corrected chi connectivity index (χ4v) is 2.68. The van der Waals surface area contributed by atoms with Crippen molar-refractivity contribution in [1.82, 2.24) is 14.8 Å². The van der Waals surface area contributed by atoms with Crippen molar-refractivity contribution in [2.24, 2.45) is 5.73 Å². The van der Waals surface area contributed by atoms with E-state index < -0.39 is 0 Å². The Bertz CT molecular complexity index is 561. The van der Waals surface area contributed by atoms with Crippen molar-refractivity contribution in [2.45, 2.75) is 18.0 Å². The molecular formula is C13H17FN4OS. The average Bonchev–Trinajstić information content (AvgIpc) is 2.83. The molecular weight excluding hydrogens is 279 g/mol. The van der Waals surface area contributed by atoms with Crippen LogP contribution in [0.3, 0.4) is 0 Å². The first-order valence-corrected chi connectivity index (χ1v) is 7.39. The highest BCUT2D eigenvalue weighted by molar-refractivity contribution is 7.99. The topological polar surface area (TPSA) is 77.0 Å². The number of halogens is 1. The van der Waals surface area contributed by atoms with Crippen molar-refractivity contribution in [3.8, 4) is 5.69 Å². The van der Waals surface area contributed by atoms with E-state index in [4.69, 9.17) is 10.8 Å². The Balaban J connectivity index is 2.36. The first kappa shape index (κ1) is 15.0. The van der Waals surface area contributed by atoms with Gasteiger partial charge in [-0.3, -0.25) is 4.57 Å². The molecule has 0 amide bonds. The molecule has 1 aromatic carbocycles. The van der Waals surface area contributed by atoms with Gasteiger partial charge in [0.15, 0.2) is 5.16 Å². The average molecular weight is 296 g/mol. The first-order chi connectivity index (χ1) is 9.77. The maximum absolute atomic E-state index is 14.0. The lowest BCUT2D eigenvalue weighted by atomic mass is 10.3. The van der Waals surface area contributed by atoms with Crippen LogP contribution in [0.2, 0.25) is 0 Å².